The summed E-state index contributed by atoms with van der Waals surface area (Å²) in [4.78, 5) is 8.03. The first-order valence-corrected chi connectivity index (χ1v) is 12.1. The van der Waals surface area contributed by atoms with E-state index in [4.69, 9.17) is 0 Å². The molecule has 0 aromatic heterocycles. The maximum atomic E-state index is 11.8. The molecule has 0 bridgehead atoms. The Kier molecular flexibility index (Phi) is 8.92. The lowest BCUT2D eigenvalue weighted by molar-refractivity contribution is 0.450. The number of likely N-dealkylation sites (tertiary alicyclic amines) is 1. The summed E-state index contributed by atoms with van der Waals surface area (Å²) in [7, 11) is 0.355. The Morgan fingerprint density at radius 2 is 2.11 bits per heavy atom. The number of hydrogen-bond donors (Lipinski definition) is 1. The van der Waals surface area contributed by atoms with E-state index in [9.17, 15) is 8.42 Å². The summed E-state index contributed by atoms with van der Waals surface area (Å²) in [6.45, 7) is 4.95. The van der Waals surface area contributed by atoms with Crippen molar-refractivity contribution in [2.45, 2.75) is 24.7 Å². The van der Waals surface area contributed by atoms with E-state index in [1.807, 2.05) is 24.9 Å². The highest BCUT2D eigenvalue weighted by Gasteiger charge is 2.24. The monoisotopic (exact) mass is 412 g/mol. The van der Waals surface area contributed by atoms with Crippen molar-refractivity contribution in [3.63, 3.8) is 0 Å². The van der Waals surface area contributed by atoms with Gasteiger partial charge in [-0.3, -0.25) is 4.99 Å². The zero-order chi connectivity index (χ0) is 19.7. The van der Waals surface area contributed by atoms with Gasteiger partial charge in [0.25, 0.3) is 0 Å². The lowest BCUT2D eigenvalue weighted by Gasteiger charge is -2.22. The van der Waals surface area contributed by atoms with Crippen LogP contribution in [-0.4, -0.2) is 75.4 Å². The molecule has 0 spiro atoms. The number of sulfonamides is 1. The zero-order valence-electron chi connectivity index (χ0n) is 16.6. The number of rotatable bonds is 9. The molecule has 1 aliphatic rings. The van der Waals surface area contributed by atoms with Crippen LogP contribution in [0.2, 0.25) is 0 Å². The third kappa shape index (κ3) is 7.01. The number of thioether (sulfide) groups is 1. The molecule has 0 saturated carbocycles. The van der Waals surface area contributed by atoms with E-state index in [0.29, 0.717) is 12.5 Å². The van der Waals surface area contributed by atoms with Gasteiger partial charge in [-0.1, -0.05) is 18.2 Å². The molecule has 27 heavy (non-hydrogen) atoms. The fraction of sp³-hybridized carbons (Fsp3) is 0.632. The Labute approximate surface area is 168 Å². The highest BCUT2D eigenvalue weighted by atomic mass is 32.2. The Morgan fingerprint density at radius 3 is 2.78 bits per heavy atom. The minimum absolute atomic E-state index is 0.148. The van der Waals surface area contributed by atoms with E-state index in [2.05, 4.69) is 39.5 Å². The largest absolute Gasteiger partial charge is 0.356 e. The van der Waals surface area contributed by atoms with Gasteiger partial charge in [-0.25, -0.2) is 12.7 Å². The van der Waals surface area contributed by atoms with Crippen LogP contribution in [0, 0.1) is 5.92 Å². The lowest BCUT2D eigenvalue weighted by Crippen LogP contribution is -2.41. The topological polar surface area (TPSA) is 65.0 Å². The Hall–Kier alpha value is -1.25. The van der Waals surface area contributed by atoms with E-state index in [-0.39, 0.29) is 5.75 Å². The van der Waals surface area contributed by atoms with Gasteiger partial charge in [0.1, 0.15) is 0 Å². The Morgan fingerprint density at radius 1 is 1.37 bits per heavy atom. The molecule has 8 heteroatoms. The molecule has 2 rings (SSSR count). The maximum absolute atomic E-state index is 11.8. The number of benzene rings is 1. The summed E-state index contributed by atoms with van der Waals surface area (Å²) in [5.41, 5.74) is 0. The van der Waals surface area contributed by atoms with Gasteiger partial charge in [0.2, 0.25) is 10.0 Å². The molecule has 6 nitrogen and oxygen atoms in total. The molecule has 1 atom stereocenters. The molecule has 1 aliphatic heterocycles. The van der Waals surface area contributed by atoms with Gasteiger partial charge in [0.15, 0.2) is 5.96 Å². The molecule has 1 aromatic rings. The summed E-state index contributed by atoms with van der Waals surface area (Å²) in [5.74, 6) is 2.85. The molecule has 152 valence electrons. The van der Waals surface area contributed by atoms with Crippen LogP contribution >= 0.6 is 11.8 Å². The van der Waals surface area contributed by atoms with Gasteiger partial charge in [-0.15, -0.1) is 11.8 Å². The molecule has 1 saturated heterocycles. The summed E-state index contributed by atoms with van der Waals surface area (Å²) in [5, 5.41) is 3.38. The second kappa shape index (κ2) is 10.9. The summed E-state index contributed by atoms with van der Waals surface area (Å²) in [6.07, 6.45) is 1.94. The number of nitrogens with zero attached hydrogens (tertiary/aromatic N) is 3. The Bertz CT molecular complexity index is 695. The van der Waals surface area contributed by atoms with Gasteiger partial charge < -0.3 is 10.2 Å². The third-order valence-corrected chi connectivity index (χ3v) is 7.90. The predicted molar refractivity (Wildman–Crippen MR) is 115 cm³/mol. The standard InChI is InChI=1S/C19H32N4O2S2/c1-4-27(24,25)22(3)13-8-12-21-19(20-2)23-14-11-17(15-23)16-26-18-9-6-5-7-10-18/h5-7,9-10,17H,4,8,11-16H2,1-3H3,(H,20,21). The molecule has 1 fully saturated rings. The molecule has 0 amide bonds. The van der Waals surface area contributed by atoms with Crippen molar-refractivity contribution in [3.8, 4) is 0 Å². The van der Waals surface area contributed by atoms with Crippen LogP contribution in [0.15, 0.2) is 40.2 Å². The summed E-state index contributed by atoms with van der Waals surface area (Å²) in [6, 6.07) is 10.5. The van der Waals surface area contributed by atoms with Crippen LogP contribution in [0.4, 0.5) is 0 Å². The van der Waals surface area contributed by atoms with Gasteiger partial charge in [-0.05, 0) is 37.8 Å². The molecule has 1 aromatic carbocycles. The number of nitrogens with one attached hydrogen (secondary N) is 1. The normalized spacial score (nSPS) is 18.3. The van der Waals surface area contributed by atoms with Gasteiger partial charge in [-0.2, -0.15) is 0 Å². The van der Waals surface area contributed by atoms with E-state index in [1.54, 1.807) is 14.0 Å². The first kappa shape index (κ1) is 22.0. The summed E-state index contributed by atoms with van der Waals surface area (Å²) < 4.78 is 25.0. The molecular formula is C19H32N4O2S2. The minimum Gasteiger partial charge on any atom is -0.356 e. The summed E-state index contributed by atoms with van der Waals surface area (Å²) >= 11 is 1.92. The van der Waals surface area contributed by atoms with Crippen LogP contribution in [-0.2, 0) is 10.0 Å². The predicted octanol–water partition coefficient (Wildman–Crippen LogP) is 2.35. The fourth-order valence-corrected chi connectivity index (χ4v) is 4.98. The minimum atomic E-state index is -3.09. The molecule has 1 unspecified atom stereocenters. The number of aliphatic imine (C=N–C) groups is 1. The Balaban J connectivity index is 1.70. The fourth-order valence-electron chi connectivity index (χ4n) is 3.09. The van der Waals surface area contributed by atoms with E-state index < -0.39 is 10.0 Å². The maximum Gasteiger partial charge on any atom is 0.213 e. The van der Waals surface area contributed by atoms with Gasteiger partial charge in [0, 0.05) is 50.9 Å². The van der Waals surface area contributed by atoms with Gasteiger partial charge >= 0.3 is 0 Å². The second-order valence-corrected chi connectivity index (χ2v) is 10.2. The van der Waals surface area contributed by atoms with Crippen molar-refractivity contribution >= 4 is 27.7 Å². The molecule has 1 N–H and O–H groups in total. The van der Waals surface area contributed by atoms with Crippen molar-refractivity contribution in [1.82, 2.24) is 14.5 Å². The average molecular weight is 413 g/mol. The highest BCUT2D eigenvalue weighted by molar-refractivity contribution is 7.99. The zero-order valence-corrected chi connectivity index (χ0v) is 18.2. The van der Waals surface area contributed by atoms with Gasteiger partial charge in [0.05, 0.1) is 5.75 Å². The van der Waals surface area contributed by atoms with E-state index in [0.717, 1.165) is 37.8 Å². The van der Waals surface area contributed by atoms with Crippen LogP contribution in [0.3, 0.4) is 0 Å². The number of hydrogen-bond acceptors (Lipinski definition) is 4. The lowest BCUT2D eigenvalue weighted by atomic mass is 10.2. The third-order valence-electron chi connectivity index (χ3n) is 4.80. The quantitative estimate of drug-likeness (QED) is 0.292. The van der Waals surface area contributed by atoms with Crippen molar-refractivity contribution < 1.29 is 8.42 Å². The highest BCUT2D eigenvalue weighted by Crippen LogP contribution is 2.25. The molecule has 0 radical (unpaired) electrons. The van der Waals surface area contributed by atoms with Crippen LogP contribution < -0.4 is 5.32 Å². The first-order chi connectivity index (χ1) is 13.0. The van der Waals surface area contributed by atoms with Crippen molar-refractivity contribution in [2.24, 2.45) is 10.9 Å². The average Bonchev–Trinajstić information content (AvgIpc) is 3.15. The van der Waals surface area contributed by atoms with Crippen LogP contribution in [0.1, 0.15) is 19.8 Å². The van der Waals surface area contributed by atoms with Crippen LogP contribution in [0.25, 0.3) is 0 Å². The van der Waals surface area contributed by atoms with Crippen LogP contribution in [0.5, 0.6) is 0 Å². The van der Waals surface area contributed by atoms with Crippen molar-refractivity contribution in [2.75, 3.05) is 51.8 Å². The molecule has 1 heterocycles. The van der Waals surface area contributed by atoms with Crippen molar-refractivity contribution in [3.05, 3.63) is 30.3 Å². The second-order valence-electron chi connectivity index (χ2n) is 6.77. The van der Waals surface area contributed by atoms with E-state index >= 15 is 0 Å². The van der Waals surface area contributed by atoms with Crippen molar-refractivity contribution in [1.29, 1.82) is 0 Å². The number of guanidine groups is 1. The smallest absolute Gasteiger partial charge is 0.213 e. The molecule has 0 aliphatic carbocycles. The van der Waals surface area contributed by atoms with E-state index in [1.165, 1.54) is 15.6 Å². The first-order valence-electron chi connectivity index (χ1n) is 9.53. The molecular weight excluding hydrogens is 380 g/mol. The SMILES string of the molecule is CCS(=O)(=O)N(C)CCCNC(=NC)N1CCC(CSc2ccccc2)C1.